The molecule has 5 heteroatoms. The van der Waals surface area contributed by atoms with Crippen LogP contribution in [0.4, 0.5) is 0 Å². The molecule has 0 aliphatic carbocycles. The molecule has 0 radical (unpaired) electrons. The Hall–Kier alpha value is -0.0300. The Bertz CT molecular complexity index is 267. The molecule has 1 rings (SSSR count). The third-order valence-electron chi connectivity index (χ3n) is 2.34. The summed E-state index contributed by atoms with van der Waals surface area (Å²) in [6, 6.07) is 0. The lowest BCUT2D eigenvalue weighted by molar-refractivity contribution is 0.575. The van der Waals surface area contributed by atoms with E-state index in [1.807, 2.05) is 11.8 Å². The monoisotopic (exact) mass is 262 g/mol. The van der Waals surface area contributed by atoms with E-state index in [2.05, 4.69) is 24.2 Å². The van der Waals surface area contributed by atoms with E-state index in [0.29, 0.717) is 5.25 Å². The summed E-state index contributed by atoms with van der Waals surface area (Å²) in [4.78, 5) is 4.48. The standard InChI is InChI=1S/C11H22N2OS2/c1-9(2)7-10-8-13-11(15-10)12-5-4-6-16(3)14/h9-10H,4-8H2,1-3H3,(H,12,13). The molecular formula is C11H22N2OS2. The first kappa shape index (κ1) is 14.0. The summed E-state index contributed by atoms with van der Waals surface area (Å²) in [6.07, 6.45) is 3.94. The summed E-state index contributed by atoms with van der Waals surface area (Å²) >= 11 is 1.86. The van der Waals surface area contributed by atoms with Gasteiger partial charge < -0.3 is 5.32 Å². The lowest BCUT2D eigenvalue weighted by Gasteiger charge is -2.11. The Kier molecular flexibility index (Phi) is 6.43. The van der Waals surface area contributed by atoms with E-state index in [-0.39, 0.29) is 0 Å². The topological polar surface area (TPSA) is 41.5 Å². The van der Waals surface area contributed by atoms with Gasteiger partial charge in [0, 0.05) is 34.6 Å². The van der Waals surface area contributed by atoms with Gasteiger partial charge in [-0.05, 0) is 18.8 Å². The maximum atomic E-state index is 10.9. The molecule has 0 aromatic rings. The number of rotatable bonds is 6. The number of nitrogens with one attached hydrogen (secondary N) is 1. The molecule has 0 saturated carbocycles. The van der Waals surface area contributed by atoms with Crippen molar-refractivity contribution in [2.45, 2.75) is 31.9 Å². The van der Waals surface area contributed by atoms with E-state index in [9.17, 15) is 4.21 Å². The molecule has 1 aliphatic heterocycles. The largest absolute Gasteiger partial charge is 0.365 e. The fourth-order valence-electron chi connectivity index (χ4n) is 1.63. The minimum Gasteiger partial charge on any atom is -0.365 e. The van der Waals surface area contributed by atoms with Gasteiger partial charge in [-0.15, -0.1) is 0 Å². The molecule has 0 bridgehead atoms. The Labute approximate surface area is 105 Å². The molecular weight excluding hydrogens is 240 g/mol. The molecule has 0 amide bonds. The maximum absolute atomic E-state index is 10.9. The molecule has 0 saturated heterocycles. The Morgan fingerprint density at radius 1 is 1.62 bits per heavy atom. The van der Waals surface area contributed by atoms with Crippen LogP contribution in [0.15, 0.2) is 4.99 Å². The number of aliphatic imine (C=N–C) groups is 1. The summed E-state index contributed by atoms with van der Waals surface area (Å²) in [5.74, 6) is 1.52. The maximum Gasteiger partial charge on any atom is 0.156 e. The van der Waals surface area contributed by atoms with E-state index in [1.54, 1.807) is 6.26 Å². The molecule has 0 aromatic heterocycles. The van der Waals surface area contributed by atoms with Crippen LogP contribution >= 0.6 is 11.8 Å². The van der Waals surface area contributed by atoms with Gasteiger partial charge in [-0.3, -0.25) is 9.20 Å². The van der Waals surface area contributed by atoms with Crippen molar-refractivity contribution in [3.05, 3.63) is 0 Å². The number of hydrogen-bond donors (Lipinski definition) is 1. The lowest BCUT2D eigenvalue weighted by atomic mass is 10.1. The third kappa shape index (κ3) is 5.89. The third-order valence-corrected chi connectivity index (χ3v) is 4.37. The highest BCUT2D eigenvalue weighted by molar-refractivity contribution is 8.14. The molecule has 2 unspecified atom stereocenters. The minimum absolute atomic E-state index is 0.655. The molecule has 94 valence electrons. The molecule has 1 heterocycles. The average Bonchev–Trinajstić information content (AvgIpc) is 2.59. The van der Waals surface area contributed by atoms with Gasteiger partial charge in [-0.1, -0.05) is 25.6 Å². The van der Waals surface area contributed by atoms with Crippen LogP contribution in [-0.4, -0.2) is 39.7 Å². The van der Waals surface area contributed by atoms with Gasteiger partial charge in [0.15, 0.2) is 5.17 Å². The van der Waals surface area contributed by atoms with Crippen molar-refractivity contribution < 1.29 is 4.21 Å². The minimum atomic E-state index is -0.670. The molecule has 1 N–H and O–H groups in total. The van der Waals surface area contributed by atoms with Gasteiger partial charge in [-0.2, -0.15) is 0 Å². The van der Waals surface area contributed by atoms with Crippen LogP contribution in [0.25, 0.3) is 0 Å². The number of nitrogens with zero attached hydrogens (tertiary/aromatic N) is 1. The Morgan fingerprint density at radius 2 is 2.38 bits per heavy atom. The summed E-state index contributed by atoms with van der Waals surface area (Å²) in [7, 11) is -0.670. The second kappa shape index (κ2) is 7.33. The van der Waals surface area contributed by atoms with E-state index in [0.717, 1.165) is 36.3 Å². The number of amidine groups is 1. The van der Waals surface area contributed by atoms with E-state index in [4.69, 9.17) is 0 Å². The van der Waals surface area contributed by atoms with Crippen molar-refractivity contribution in [3.8, 4) is 0 Å². The number of hydrogen-bond acceptors (Lipinski definition) is 4. The molecule has 2 atom stereocenters. The van der Waals surface area contributed by atoms with Crippen molar-refractivity contribution in [1.82, 2.24) is 5.32 Å². The zero-order valence-electron chi connectivity index (χ0n) is 10.4. The van der Waals surface area contributed by atoms with Gasteiger partial charge in [0.2, 0.25) is 0 Å². The van der Waals surface area contributed by atoms with Crippen molar-refractivity contribution in [2.24, 2.45) is 10.9 Å². The lowest BCUT2D eigenvalue weighted by Crippen LogP contribution is -2.22. The molecule has 0 aromatic carbocycles. The molecule has 1 aliphatic rings. The van der Waals surface area contributed by atoms with Crippen LogP contribution in [0.3, 0.4) is 0 Å². The zero-order chi connectivity index (χ0) is 12.0. The van der Waals surface area contributed by atoms with Crippen molar-refractivity contribution in [1.29, 1.82) is 0 Å². The van der Waals surface area contributed by atoms with Gasteiger partial charge in [0.05, 0.1) is 6.54 Å². The van der Waals surface area contributed by atoms with Crippen molar-refractivity contribution in [2.75, 3.05) is 25.1 Å². The van der Waals surface area contributed by atoms with Crippen LogP contribution in [0.2, 0.25) is 0 Å². The van der Waals surface area contributed by atoms with Crippen LogP contribution in [0.1, 0.15) is 26.7 Å². The highest BCUT2D eigenvalue weighted by atomic mass is 32.2. The quantitative estimate of drug-likeness (QED) is 0.743. The van der Waals surface area contributed by atoms with Crippen LogP contribution in [0.5, 0.6) is 0 Å². The number of thioether (sulfide) groups is 1. The summed E-state index contributed by atoms with van der Waals surface area (Å²) in [6.45, 7) is 6.34. The smallest absolute Gasteiger partial charge is 0.156 e. The second-order valence-electron chi connectivity index (χ2n) is 4.57. The summed E-state index contributed by atoms with van der Waals surface area (Å²) in [5, 5.41) is 5.05. The van der Waals surface area contributed by atoms with Gasteiger partial charge >= 0.3 is 0 Å². The predicted octanol–water partition coefficient (Wildman–Crippen LogP) is 1.86. The zero-order valence-corrected chi connectivity index (χ0v) is 12.0. The van der Waals surface area contributed by atoms with Gasteiger partial charge in [0.25, 0.3) is 0 Å². The van der Waals surface area contributed by atoms with Crippen LogP contribution < -0.4 is 5.32 Å². The molecule has 0 spiro atoms. The van der Waals surface area contributed by atoms with Crippen molar-refractivity contribution in [3.63, 3.8) is 0 Å². The molecule has 0 fully saturated rings. The SMILES string of the molecule is CC(C)CC1CN=C(NCCCS(C)=O)S1. The van der Waals surface area contributed by atoms with Gasteiger partial charge in [0.1, 0.15) is 0 Å². The fraction of sp³-hybridized carbons (Fsp3) is 0.909. The van der Waals surface area contributed by atoms with E-state index in [1.165, 1.54) is 6.42 Å². The molecule has 16 heavy (non-hydrogen) atoms. The Morgan fingerprint density at radius 3 is 3.00 bits per heavy atom. The first-order valence-electron chi connectivity index (χ1n) is 5.83. The van der Waals surface area contributed by atoms with Crippen LogP contribution in [0, 0.1) is 5.92 Å². The summed E-state index contributed by atoms with van der Waals surface area (Å²) in [5.41, 5.74) is 0. The van der Waals surface area contributed by atoms with E-state index < -0.39 is 10.8 Å². The normalized spacial score (nSPS) is 22.2. The fourth-order valence-corrected chi connectivity index (χ4v) is 3.47. The first-order chi connectivity index (χ1) is 7.58. The predicted molar refractivity (Wildman–Crippen MR) is 74.7 cm³/mol. The Balaban J connectivity index is 2.09. The van der Waals surface area contributed by atoms with Crippen molar-refractivity contribution >= 4 is 27.7 Å². The average molecular weight is 262 g/mol. The highest BCUT2D eigenvalue weighted by Crippen LogP contribution is 2.25. The first-order valence-corrected chi connectivity index (χ1v) is 8.43. The highest BCUT2D eigenvalue weighted by Gasteiger charge is 2.19. The summed E-state index contributed by atoms with van der Waals surface area (Å²) < 4.78 is 10.9. The van der Waals surface area contributed by atoms with E-state index >= 15 is 0 Å². The second-order valence-corrected chi connectivity index (χ2v) is 7.42. The molecule has 3 nitrogen and oxygen atoms in total. The van der Waals surface area contributed by atoms with Crippen LogP contribution in [-0.2, 0) is 10.8 Å². The van der Waals surface area contributed by atoms with Gasteiger partial charge in [-0.25, -0.2) is 0 Å².